The molecule has 382 valence electrons. The number of Topliss-reactive ketones (excluding diaryl/α,β-unsaturated/α-hetero) is 2. The van der Waals surface area contributed by atoms with Gasteiger partial charge in [0.05, 0.1) is 22.2 Å². The van der Waals surface area contributed by atoms with Crippen LogP contribution in [0.4, 0.5) is 33.1 Å². The molecule has 16 rings (SSSR count). The van der Waals surface area contributed by atoms with Gasteiger partial charge in [-0.15, -0.1) is 0 Å². The molecule has 1 N–H and O–H groups in total. The Labute approximate surface area is 463 Å². The van der Waals surface area contributed by atoms with Crippen molar-refractivity contribution in [2.45, 2.75) is 49.4 Å². The van der Waals surface area contributed by atoms with Crippen LogP contribution in [0.15, 0.2) is 235 Å². The van der Waals surface area contributed by atoms with Crippen LogP contribution in [0.25, 0.3) is 0 Å². The van der Waals surface area contributed by atoms with Gasteiger partial charge >= 0.3 is 0 Å². The number of hydrogen-bond acceptors (Lipinski definition) is 6. The van der Waals surface area contributed by atoms with Gasteiger partial charge in [-0.25, -0.2) is 0 Å². The zero-order valence-corrected chi connectivity index (χ0v) is 44.1. The summed E-state index contributed by atoms with van der Waals surface area (Å²) in [6.45, 7) is 0. The second-order valence-corrected chi connectivity index (χ2v) is 21.4. The number of carbonyl (C=O) groups excluding carboxylic acids is 2. The van der Waals surface area contributed by atoms with Crippen molar-refractivity contribution in [3.05, 3.63) is 302 Å². The summed E-state index contributed by atoms with van der Waals surface area (Å²) in [6.07, 6.45) is 5.26. The number of para-hydroxylation sites is 8. The van der Waals surface area contributed by atoms with Crippen molar-refractivity contribution in [2.24, 2.45) is 0 Å². The Morgan fingerprint density at radius 1 is 0.397 bits per heavy atom. The van der Waals surface area contributed by atoms with E-state index in [1.807, 2.05) is 48.5 Å². The Kier molecular flexibility index (Phi) is 12.3. The normalized spacial score (nSPS) is 15.4. The number of rotatable bonds is 1. The molecular weight excluding hydrogens is 1030 g/mol. The van der Waals surface area contributed by atoms with Crippen LogP contribution >= 0.6 is 15.9 Å². The van der Waals surface area contributed by atoms with Gasteiger partial charge in [-0.05, 0) is 138 Å². The lowest BCUT2D eigenvalue weighted by molar-refractivity contribution is 0.0964. The lowest BCUT2D eigenvalue weighted by atomic mass is 9.61. The molecule has 8 heteroatoms. The summed E-state index contributed by atoms with van der Waals surface area (Å²) in [5.41, 5.74) is 18.5. The Morgan fingerprint density at radius 3 is 1.22 bits per heavy atom. The number of carbonyl (C=O) groups is 2. The van der Waals surface area contributed by atoms with Gasteiger partial charge in [0.1, 0.15) is 23.0 Å². The zero-order valence-electron chi connectivity index (χ0n) is 42.5. The first-order valence-electron chi connectivity index (χ1n) is 26.6. The van der Waals surface area contributed by atoms with Crippen molar-refractivity contribution in [3.8, 4) is 23.0 Å². The molecule has 6 nitrogen and oxygen atoms in total. The van der Waals surface area contributed by atoms with Gasteiger partial charge in [-0.3, -0.25) is 14.3 Å². The lowest BCUT2D eigenvalue weighted by Gasteiger charge is -2.48. The number of aryl methyl sites for hydroxylation is 2. The van der Waals surface area contributed by atoms with E-state index in [2.05, 4.69) is 208 Å². The maximum Gasteiger partial charge on any atom is 0.163 e. The molecule has 4 aliphatic heterocycles. The molecule has 10 aromatic rings. The van der Waals surface area contributed by atoms with Gasteiger partial charge in [0, 0.05) is 69.2 Å². The van der Waals surface area contributed by atoms with E-state index < -0.39 is 10.8 Å². The van der Waals surface area contributed by atoms with Crippen molar-refractivity contribution in [1.82, 2.24) is 0 Å². The van der Waals surface area contributed by atoms with Crippen LogP contribution < -0.4 is 19.7 Å². The van der Waals surface area contributed by atoms with Crippen LogP contribution in [0.1, 0.15) is 103 Å². The Morgan fingerprint density at radius 2 is 0.756 bits per heavy atom. The fraction of sp³-hybridized carbons (Fsp3) is 0.114. The summed E-state index contributed by atoms with van der Waals surface area (Å²) in [5, 5.41) is 3.63. The quantitative estimate of drug-likeness (QED) is 0.177. The minimum atomic E-state index is -0.528. The van der Waals surface area contributed by atoms with Crippen LogP contribution in [0.3, 0.4) is 0 Å². The third-order valence-electron chi connectivity index (χ3n) is 16.3. The summed E-state index contributed by atoms with van der Waals surface area (Å²) in [6, 6.07) is 80.6. The summed E-state index contributed by atoms with van der Waals surface area (Å²) in [5.74, 6) is 4.16. The molecule has 0 fully saturated rings. The Balaban J connectivity index is 0.000000132. The van der Waals surface area contributed by atoms with Crippen molar-refractivity contribution in [3.63, 3.8) is 0 Å². The smallest absolute Gasteiger partial charge is 0.163 e. The number of fused-ring (bicyclic) bond motifs is 18. The van der Waals surface area contributed by atoms with Gasteiger partial charge in [0.25, 0.3) is 0 Å². The molecule has 0 bridgehead atoms. The van der Waals surface area contributed by atoms with Crippen molar-refractivity contribution in [1.29, 1.82) is 0 Å². The van der Waals surface area contributed by atoms with E-state index in [0.29, 0.717) is 18.6 Å². The minimum Gasteiger partial charge on any atom is -0.457 e. The molecule has 0 amide bonds. The van der Waals surface area contributed by atoms with E-state index in [1.165, 1.54) is 38.9 Å². The van der Waals surface area contributed by atoms with Crippen LogP contribution in [0, 0.1) is 0 Å². The standard InChI is InChI=1S/C35H25NO2.C25H17NO.C10H9BrO.FH.H2/c37-32-17-9-10-23-22-24(20-21-25(23)32)36-30-15-5-1-11-26(30)35(27-12-2-6-16-31(27)36)28-13-3-7-18-33(28)38-34-19-8-4-14-29(34)35;1-5-13-21-17(9-1)25(18-10-2-6-14-22(18)26-21)19-11-3-7-15-23(19)27-24-16-8-4-12-20(24)25;11-8-4-5-9-7(6-8)2-1-3-10(9)12;;/h1-8,11-16,18-22H,9-10,17H2;1-16,26H;4-6H,1-3H2;2*1H/i;;;;1+1. The number of benzene rings is 10. The first-order chi connectivity index (χ1) is 37.9. The number of ketones is 2. The van der Waals surface area contributed by atoms with Crippen LogP contribution in [-0.4, -0.2) is 11.6 Å². The first kappa shape index (κ1) is 48.8. The van der Waals surface area contributed by atoms with Crippen molar-refractivity contribution < 1.29 is 25.2 Å². The lowest BCUT2D eigenvalue weighted by Crippen LogP contribution is -2.39. The number of anilines is 5. The molecule has 4 heterocycles. The predicted octanol–water partition coefficient (Wildman–Crippen LogP) is 18.1. The third-order valence-corrected chi connectivity index (χ3v) is 16.8. The molecule has 10 aromatic carbocycles. The highest BCUT2D eigenvalue weighted by Crippen LogP contribution is 2.63. The van der Waals surface area contributed by atoms with Gasteiger partial charge in [-0.2, -0.15) is 0 Å². The molecule has 0 unspecified atom stereocenters. The summed E-state index contributed by atoms with van der Waals surface area (Å²) < 4.78 is 13.9. The molecule has 78 heavy (non-hydrogen) atoms. The molecule has 2 spiro atoms. The van der Waals surface area contributed by atoms with Crippen LogP contribution in [0.2, 0.25) is 0 Å². The monoisotopic (exact) mass is 1090 g/mol. The minimum absolute atomic E-state index is 0. The SMILES string of the molecule is F.O=C1CCCc2cc(Br)ccc21.O=C1CCCc2cc(N3c4ccccc4C4(c5ccccc5Oc5ccccc54)c4ccccc43)ccc21.[2HH].c1ccc2c(c1)Nc1ccccc1C21c2ccccc2Oc2ccccc21. The van der Waals surface area contributed by atoms with E-state index in [0.717, 1.165) is 109 Å². The Hall–Kier alpha value is -8.85. The van der Waals surface area contributed by atoms with Gasteiger partial charge in [0.15, 0.2) is 11.6 Å². The maximum atomic E-state index is 12.6. The highest BCUT2D eigenvalue weighted by molar-refractivity contribution is 9.10. The maximum absolute atomic E-state index is 12.6. The van der Waals surface area contributed by atoms with E-state index in [-0.39, 0.29) is 11.9 Å². The van der Waals surface area contributed by atoms with Crippen molar-refractivity contribution in [2.75, 3.05) is 10.2 Å². The second kappa shape index (κ2) is 19.6. The van der Waals surface area contributed by atoms with Crippen molar-refractivity contribution >= 4 is 55.9 Å². The third kappa shape index (κ3) is 7.56. The molecule has 0 saturated carbocycles. The van der Waals surface area contributed by atoms with Gasteiger partial charge in [-0.1, -0.05) is 168 Å². The molecule has 6 aliphatic rings. The summed E-state index contributed by atoms with van der Waals surface area (Å²) >= 11 is 3.40. The number of nitrogens with one attached hydrogen (secondary N) is 1. The summed E-state index contributed by atoms with van der Waals surface area (Å²) in [7, 11) is 0. The zero-order chi connectivity index (χ0) is 51.7. The molecule has 2 aliphatic carbocycles. The number of hydrogen-bond donors (Lipinski definition) is 1. The molecule has 0 saturated heterocycles. The highest BCUT2D eigenvalue weighted by Gasteiger charge is 2.52. The molecule has 0 radical (unpaired) electrons. The van der Waals surface area contributed by atoms with Crippen LogP contribution in [0.5, 0.6) is 23.0 Å². The van der Waals surface area contributed by atoms with E-state index >= 15 is 0 Å². The Bertz CT molecular complexity index is 3760. The fourth-order valence-electron chi connectivity index (χ4n) is 13.2. The number of halogens is 2. The predicted molar refractivity (Wildman–Crippen MR) is 314 cm³/mol. The van der Waals surface area contributed by atoms with E-state index in [9.17, 15) is 9.59 Å². The van der Waals surface area contributed by atoms with E-state index in [1.54, 1.807) is 0 Å². The number of ether oxygens (including phenoxy) is 2. The largest absolute Gasteiger partial charge is 0.457 e. The summed E-state index contributed by atoms with van der Waals surface area (Å²) in [4.78, 5) is 26.3. The number of nitrogens with zero attached hydrogens (tertiary/aromatic N) is 1. The average molecular weight is 1090 g/mol. The molecule has 0 atom stereocenters. The van der Waals surface area contributed by atoms with Gasteiger partial charge in [0.2, 0.25) is 0 Å². The topological polar surface area (TPSA) is 67.9 Å². The fourth-order valence-corrected chi connectivity index (χ4v) is 13.6. The molecular formula is C70H54BrFN2O4. The second-order valence-electron chi connectivity index (χ2n) is 20.5. The highest BCUT2D eigenvalue weighted by atomic mass is 79.9. The van der Waals surface area contributed by atoms with Crippen LogP contribution in [-0.2, 0) is 23.7 Å². The molecule has 0 aromatic heterocycles. The average Bonchev–Trinajstić information content (AvgIpc) is 3.56. The first-order valence-corrected chi connectivity index (χ1v) is 27.4. The van der Waals surface area contributed by atoms with Gasteiger partial charge < -0.3 is 19.7 Å². The van der Waals surface area contributed by atoms with E-state index in [4.69, 9.17) is 9.47 Å².